The maximum Gasteiger partial charge on any atom is 0.0979 e. The van der Waals surface area contributed by atoms with Crippen LogP contribution in [0.4, 0.5) is 0 Å². The number of thiophene rings is 1. The fourth-order valence-electron chi connectivity index (χ4n) is 9.13. The number of fused-ring (bicyclic) bond motifs is 11. The normalized spacial score (nSPS) is 11.9. The SMILES string of the molecule is c1cc(-c2cnc3c4ccccc4c4ccccc4c3n2)cc(-c2cccc3c(-c4ccc(-c5cccc6c5sc5ccccc56)c5ccccc45)cccc23)c1. The summed E-state index contributed by atoms with van der Waals surface area (Å²) in [6, 6.07) is 68.3. The molecule has 0 saturated carbocycles. The van der Waals surface area contributed by atoms with E-state index in [1.165, 1.54) is 80.3 Å². The molecule has 0 fully saturated rings. The van der Waals surface area contributed by atoms with Gasteiger partial charge in [-0.1, -0.05) is 176 Å². The first-order valence-electron chi connectivity index (χ1n) is 19.4. The topological polar surface area (TPSA) is 25.8 Å². The van der Waals surface area contributed by atoms with E-state index in [2.05, 4.69) is 188 Å². The van der Waals surface area contributed by atoms with Crippen LogP contribution in [0, 0.1) is 0 Å². The average molecular weight is 741 g/mol. The number of benzene rings is 10. The maximum absolute atomic E-state index is 5.30. The molecule has 0 saturated heterocycles. The van der Waals surface area contributed by atoms with Gasteiger partial charge in [-0.2, -0.15) is 0 Å². The van der Waals surface area contributed by atoms with Crippen molar-refractivity contribution in [3.05, 3.63) is 194 Å². The molecule has 0 atom stereocenters. The molecule has 2 heterocycles. The molecule has 0 radical (unpaired) electrons. The van der Waals surface area contributed by atoms with Gasteiger partial charge < -0.3 is 0 Å². The molecule has 2 aromatic heterocycles. The molecule has 12 rings (SSSR count). The van der Waals surface area contributed by atoms with Gasteiger partial charge in [-0.25, -0.2) is 4.98 Å². The van der Waals surface area contributed by atoms with Gasteiger partial charge in [-0.3, -0.25) is 4.98 Å². The van der Waals surface area contributed by atoms with Crippen molar-refractivity contribution >= 4 is 85.6 Å². The van der Waals surface area contributed by atoms with Crippen LogP contribution in [0.1, 0.15) is 0 Å². The van der Waals surface area contributed by atoms with Crippen molar-refractivity contribution in [1.29, 1.82) is 0 Å². The molecular weight excluding hydrogens is 709 g/mol. The van der Waals surface area contributed by atoms with Crippen LogP contribution in [0.25, 0.3) is 119 Å². The molecule has 0 unspecified atom stereocenters. The van der Waals surface area contributed by atoms with E-state index in [1.54, 1.807) is 0 Å². The third-order valence-electron chi connectivity index (χ3n) is 11.7. The van der Waals surface area contributed by atoms with Gasteiger partial charge in [0.1, 0.15) is 0 Å². The fraction of sp³-hybridized carbons (Fsp3) is 0. The van der Waals surface area contributed by atoms with Crippen LogP contribution in [0.15, 0.2) is 194 Å². The molecule has 0 spiro atoms. The predicted molar refractivity (Wildman–Crippen MR) is 244 cm³/mol. The fourth-order valence-corrected chi connectivity index (χ4v) is 10.4. The van der Waals surface area contributed by atoms with Gasteiger partial charge in [0, 0.05) is 42.1 Å². The largest absolute Gasteiger partial charge is 0.252 e. The number of rotatable bonds is 4. The standard InChI is InChI=1S/C54H32N2S/c1-2-16-38-37(15-1)43(29-30-44(38)48-26-12-27-49-45-19-7-8-28-51(45)57-54(48)49)40-25-11-23-36-35(22-10-24-39(36)40)33-13-9-14-34(31-33)50-32-55-52-46-20-5-3-17-41(46)42-18-4-6-21-47(42)53(52)56-50/h1-32H. The van der Waals surface area contributed by atoms with E-state index in [4.69, 9.17) is 9.97 Å². The van der Waals surface area contributed by atoms with Crippen molar-refractivity contribution in [2.24, 2.45) is 0 Å². The van der Waals surface area contributed by atoms with Crippen molar-refractivity contribution < 1.29 is 0 Å². The summed E-state index contributed by atoms with van der Waals surface area (Å²) < 4.78 is 2.66. The van der Waals surface area contributed by atoms with Gasteiger partial charge in [-0.15, -0.1) is 11.3 Å². The lowest BCUT2D eigenvalue weighted by molar-refractivity contribution is 1.31. The van der Waals surface area contributed by atoms with Gasteiger partial charge in [0.2, 0.25) is 0 Å². The Morgan fingerprint density at radius 3 is 1.51 bits per heavy atom. The van der Waals surface area contributed by atoms with Crippen LogP contribution < -0.4 is 0 Å². The molecule has 10 aromatic carbocycles. The molecule has 264 valence electrons. The first-order chi connectivity index (χ1) is 28.3. The Labute approximate surface area is 333 Å². The summed E-state index contributed by atoms with van der Waals surface area (Å²) in [5, 5.41) is 12.3. The molecule has 0 aliphatic heterocycles. The van der Waals surface area contributed by atoms with Gasteiger partial charge in [0.15, 0.2) is 0 Å². The Kier molecular flexibility index (Phi) is 7.13. The quantitative estimate of drug-likeness (QED) is 0.168. The molecule has 3 heteroatoms. The van der Waals surface area contributed by atoms with E-state index in [0.29, 0.717) is 0 Å². The zero-order chi connectivity index (χ0) is 37.5. The zero-order valence-electron chi connectivity index (χ0n) is 30.8. The molecule has 0 aliphatic rings. The zero-order valence-corrected chi connectivity index (χ0v) is 31.6. The number of nitrogens with zero attached hydrogens (tertiary/aromatic N) is 2. The second kappa shape index (κ2) is 12.7. The minimum atomic E-state index is 0.864. The summed E-state index contributed by atoms with van der Waals surface area (Å²) in [4.78, 5) is 10.3. The summed E-state index contributed by atoms with van der Waals surface area (Å²) >= 11 is 1.89. The number of hydrogen-bond donors (Lipinski definition) is 0. The molecule has 2 nitrogen and oxygen atoms in total. The summed E-state index contributed by atoms with van der Waals surface area (Å²) in [6.45, 7) is 0. The molecule has 0 bridgehead atoms. The summed E-state index contributed by atoms with van der Waals surface area (Å²) in [6.07, 6.45) is 1.93. The van der Waals surface area contributed by atoms with Crippen molar-refractivity contribution in [3.8, 4) is 44.6 Å². The second-order valence-corrected chi connectivity index (χ2v) is 15.9. The third kappa shape index (κ3) is 4.96. The Morgan fingerprint density at radius 2 is 0.789 bits per heavy atom. The van der Waals surface area contributed by atoms with E-state index in [9.17, 15) is 0 Å². The van der Waals surface area contributed by atoms with E-state index >= 15 is 0 Å². The van der Waals surface area contributed by atoms with Crippen LogP contribution in [-0.4, -0.2) is 9.97 Å². The van der Waals surface area contributed by atoms with Crippen molar-refractivity contribution in [1.82, 2.24) is 9.97 Å². The van der Waals surface area contributed by atoms with E-state index < -0.39 is 0 Å². The first kappa shape index (κ1) is 32.1. The van der Waals surface area contributed by atoms with Crippen LogP contribution in [0.5, 0.6) is 0 Å². The first-order valence-corrected chi connectivity index (χ1v) is 20.2. The van der Waals surface area contributed by atoms with Crippen LogP contribution in [-0.2, 0) is 0 Å². The minimum Gasteiger partial charge on any atom is -0.252 e. The van der Waals surface area contributed by atoms with Crippen LogP contribution >= 0.6 is 11.3 Å². The molecular formula is C54H32N2S. The Balaban J connectivity index is 0.988. The van der Waals surface area contributed by atoms with E-state index in [-0.39, 0.29) is 0 Å². The monoisotopic (exact) mass is 740 g/mol. The third-order valence-corrected chi connectivity index (χ3v) is 12.9. The van der Waals surface area contributed by atoms with Gasteiger partial charge in [-0.05, 0) is 72.3 Å². The van der Waals surface area contributed by atoms with E-state index in [1.807, 2.05) is 17.5 Å². The number of aromatic nitrogens is 2. The van der Waals surface area contributed by atoms with Crippen LogP contribution in [0.2, 0.25) is 0 Å². The maximum atomic E-state index is 5.30. The molecule has 0 N–H and O–H groups in total. The summed E-state index contributed by atoms with van der Waals surface area (Å²) in [5.41, 5.74) is 11.1. The predicted octanol–water partition coefficient (Wildman–Crippen LogP) is 15.3. The van der Waals surface area contributed by atoms with Gasteiger partial charge in [0.05, 0.1) is 22.9 Å². The highest BCUT2D eigenvalue weighted by molar-refractivity contribution is 7.26. The molecule has 57 heavy (non-hydrogen) atoms. The highest BCUT2D eigenvalue weighted by Crippen LogP contribution is 2.45. The average Bonchev–Trinajstić information content (AvgIpc) is 3.67. The molecule has 0 aliphatic carbocycles. The minimum absolute atomic E-state index is 0.864. The summed E-state index contributed by atoms with van der Waals surface area (Å²) in [7, 11) is 0. The highest BCUT2D eigenvalue weighted by atomic mass is 32.1. The van der Waals surface area contributed by atoms with Gasteiger partial charge in [0.25, 0.3) is 0 Å². The lowest BCUT2D eigenvalue weighted by atomic mass is 9.88. The summed E-state index contributed by atoms with van der Waals surface area (Å²) in [5.74, 6) is 0. The Bertz CT molecular complexity index is 3560. The Hall–Kier alpha value is -7.20. The van der Waals surface area contributed by atoms with Gasteiger partial charge >= 0.3 is 0 Å². The number of hydrogen-bond acceptors (Lipinski definition) is 3. The smallest absolute Gasteiger partial charge is 0.0979 e. The lowest BCUT2D eigenvalue weighted by Gasteiger charge is -2.16. The van der Waals surface area contributed by atoms with Crippen molar-refractivity contribution in [2.45, 2.75) is 0 Å². The molecule has 12 aromatic rings. The highest BCUT2D eigenvalue weighted by Gasteiger charge is 2.17. The van der Waals surface area contributed by atoms with Crippen molar-refractivity contribution in [3.63, 3.8) is 0 Å². The van der Waals surface area contributed by atoms with Crippen LogP contribution in [0.3, 0.4) is 0 Å². The van der Waals surface area contributed by atoms with E-state index in [0.717, 1.165) is 38.6 Å². The van der Waals surface area contributed by atoms with Crippen molar-refractivity contribution in [2.75, 3.05) is 0 Å². The Morgan fingerprint density at radius 1 is 0.316 bits per heavy atom. The second-order valence-electron chi connectivity index (χ2n) is 14.8. The molecule has 0 amide bonds. The lowest BCUT2D eigenvalue weighted by Crippen LogP contribution is -1.92.